The Morgan fingerprint density at radius 1 is 1.13 bits per heavy atom. The van der Waals surface area contributed by atoms with Crippen LogP contribution in [-0.4, -0.2) is 57.9 Å². The van der Waals surface area contributed by atoms with Gasteiger partial charge in [-0.1, -0.05) is 6.07 Å². The summed E-state index contributed by atoms with van der Waals surface area (Å²) in [5, 5.41) is 0. The number of methoxy groups -OCH3 is 2. The normalized spacial score (nSPS) is 17.2. The molecule has 31 heavy (non-hydrogen) atoms. The Bertz CT molecular complexity index is 1030. The third-order valence-corrected chi connectivity index (χ3v) is 7.31. The van der Waals surface area contributed by atoms with E-state index in [2.05, 4.69) is 0 Å². The molecule has 0 aliphatic carbocycles. The van der Waals surface area contributed by atoms with Gasteiger partial charge in [-0.2, -0.15) is 4.31 Å². The Morgan fingerprint density at radius 2 is 1.81 bits per heavy atom. The van der Waals surface area contributed by atoms with Gasteiger partial charge in [0.05, 0.1) is 25.0 Å². The van der Waals surface area contributed by atoms with E-state index in [-0.39, 0.29) is 17.3 Å². The SMILES string of the molecule is COc1ccc(CN(C)C(=O)C2CCCN(S(=O)(=O)c3ccc(F)cc3)C2)cc1OC. The zero-order valence-corrected chi connectivity index (χ0v) is 18.7. The Balaban J connectivity index is 1.69. The van der Waals surface area contributed by atoms with Gasteiger partial charge in [0.25, 0.3) is 0 Å². The molecule has 2 aromatic rings. The minimum Gasteiger partial charge on any atom is -0.493 e. The average Bonchev–Trinajstić information content (AvgIpc) is 2.78. The van der Waals surface area contributed by atoms with Crippen molar-refractivity contribution < 1.29 is 27.1 Å². The van der Waals surface area contributed by atoms with Gasteiger partial charge in [0, 0.05) is 26.7 Å². The summed E-state index contributed by atoms with van der Waals surface area (Å²) in [4.78, 5) is 14.7. The fraction of sp³-hybridized carbons (Fsp3) is 0.409. The van der Waals surface area contributed by atoms with Crippen LogP contribution in [0.3, 0.4) is 0 Å². The molecule has 1 unspecified atom stereocenters. The number of ether oxygens (including phenoxy) is 2. The Labute approximate surface area is 182 Å². The van der Waals surface area contributed by atoms with Gasteiger partial charge in [0.1, 0.15) is 5.82 Å². The van der Waals surface area contributed by atoms with E-state index in [1.54, 1.807) is 32.2 Å². The van der Waals surface area contributed by atoms with Crippen LogP contribution in [0.4, 0.5) is 4.39 Å². The molecular weight excluding hydrogens is 423 g/mol. The van der Waals surface area contributed by atoms with Crippen molar-refractivity contribution in [1.82, 2.24) is 9.21 Å². The van der Waals surface area contributed by atoms with Crippen LogP contribution in [0, 0.1) is 11.7 Å². The first-order valence-corrected chi connectivity index (χ1v) is 11.4. The summed E-state index contributed by atoms with van der Waals surface area (Å²) >= 11 is 0. The quantitative estimate of drug-likeness (QED) is 0.648. The molecular formula is C22H27FN2O5S. The van der Waals surface area contributed by atoms with Gasteiger partial charge in [-0.25, -0.2) is 12.8 Å². The first kappa shape index (κ1) is 23.0. The lowest BCUT2D eigenvalue weighted by Crippen LogP contribution is -2.45. The van der Waals surface area contributed by atoms with E-state index in [1.165, 1.54) is 16.4 Å². The second kappa shape index (κ2) is 9.65. The highest BCUT2D eigenvalue weighted by Gasteiger charge is 2.34. The van der Waals surface area contributed by atoms with Crippen molar-refractivity contribution in [3.05, 3.63) is 53.8 Å². The largest absolute Gasteiger partial charge is 0.493 e. The highest BCUT2D eigenvalue weighted by molar-refractivity contribution is 7.89. The number of rotatable bonds is 7. The molecule has 168 valence electrons. The number of hydrogen-bond donors (Lipinski definition) is 0. The number of nitrogens with zero attached hydrogens (tertiary/aromatic N) is 2. The molecule has 0 spiro atoms. The second-order valence-corrected chi connectivity index (χ2v) is 9.48. The molecule has 1 aliphatic heterocycles. The van der Waals surface area contributed by atoms with Gasteiger partial charge in [0.15, 0.2) is 11.5 Å². The second-order valence-electron chi connectivity index (χ2n) is 7.54. The number of benzene rings is 2. The van der Waals surface area contributed by atoms with Crippen LogP contribution in [0.1, 0.15) is 18.4 Å². The highest BCUT2D eigenvalue weighted by Crippen LogP contribution is 2.29. The molecule has 0 N–H and O–H groups in total. The van der Waals surface area contributed by atoms with Gasteiger partial charge in [-0.05, 0) is 54.8 Å². The molecule has 0 saturated carbocycles. The summed E-state index contributed by atoms with van der Waals surface area (Å²) in [6.07, 6.45) is 1.20. The summed E-state index contributed by atoms with van der Waals surface area (Å²) in [6, 6.07) is 10.2. The van der Waals surface area contributed by atoms with E-state index < -0.39 is 21.8 Å². The number of amides is 1. The summed E-state index contributed by atoms with van der Waals surface area (Å²) in [5.74, 6) is 0.134. The molecule has 1 aliphatic rings. The van der Waals surface area contributed by atoms with Crippen molar-refractivity contribution in [2.45, 2.75) is 24.3 Å². The van der Waals surface area contributed by atoms with E-state index in [1.807, 2.05) is 12.1 Å². The molecule has 1 saturated heterocycles. The molecule has 0 aromatic heterocycles. The van der Waals surface area contributed by atoms with Gasteiger partial charge < -0.3 is 14.4 Å². The predicted molar refractivity (Wildman–Crippen MR) is 114 cm³/mol. The molecule has 0 bridgehead atoms. The first-order valence-electron chi connectivity index (χ1n) is 9.98. The zero-order valence-electron chi connectivity index (χ0n) is 17.9. The summed E-state index contributed by atoms with van der Waals surface area (Å²) in [7, 11) is 1.03. The van der Waals surface area contributed by atoms with Crippen molar-refractivity contribution in [3.63, 3.8) is 0 Å². The molecule has 3 rings (SSSR count). The standard InChI is InChI=1S/C22H27FN2O5S/c1-24(14-16-6-11-20(29-2)21(13-16)30-3)22(26)17-5-4-12-25(15-17)31(27,28)19-9-7-18(23)8-10-19/h6-11,13,17H,4-5,12,14-15H2,1-3H3. The maximum absolute atomic E-state index is 13.2. The van der Waals surface area contributed by atoms with Crippen LogP contribution in [0.25, 0.3) is 0 Å². The van der Waals surface area contributed by atoms with Gasteiger partial charge in [-0.3, -0.25) is 4.79 Å². The lowest BCUT2D eigenvalue weighted by Gasteiger charge is -2.33. The molecule has 0 radical (unpaired) electrons. The van der Waals surface area contributed by atoms with Crippen LogP contribution in [0.15, 0.2) is 47.4 Å². The van der Waals surface area contributed by atoms with Crippen molar-refractivity contribution in [2.24, 2.45) is 5.92 Å². The molecule has 1 amide bonds. The fourth-order valence-electron chi connectivity index (χ4n) is 3.76. The number of halogens is 1. The van der Waals surface area contributed by atoms with E-state index >= 15 is 0 Å². The predicted octanol–water partition coefficient (Wildman–Crippen LogP) is 2.90. The van der Waals surface area contributed by atoms with Crippen molar-refractivity contribution >= 4 is 15.9 Å². The van der Waals surface area contributed by atoms with Gasteiger partial charge >= 0.3 is 0 Å². The maximum Gasteiger partial charge on any atom is 0.243 e. The molecule has 1 fully saturated rings. The highest BCUT2D eigenvalue weighted by atomic mass is 32.2. The Hall–Kier alpha value is -2.65. The van der Waals surface area contributed by atoms with Crippen molar-refractivity contribution in [2.75, 3.05) is 34.4 Å². The Kier molecular flexibility index (Phi) is 7.17. The minimum absolute atomic E-state index is 0.0284. The number of carbonyl (C=O) groups is 1. The third kappa shape index (κ3) is 5.16. The molecule has 9 heteroatoms. The van der Waals surface area contributed by atoms with Crippen LogP contribution in [-0.2, 0) is 21.4 Å². The maximum atomic E-state index is 13.2. The van der Waals surface area contributed by atoms with Gasteiger partial charge in [-0.15, -0.1) is 0 Å². The molecule has 7 nitrogen and oxygen atoms in total. The Morgan fingerprint density at radius 3 is 2.45 bits per heavy atom. The molecule has 1 heterocycles. The van der Waals surface area contributed by atoms with Crippen LogP contribution in [0.2, 0.25) is 0 Å². The number of hydrogen-bond acceptors (Lipinski definition) is 5. The van der Waals surface area contributed by atoms with Gasteiger partial charge in [0.2, 0.25) is 15.9 Å². The third-order valence-electron chi connectivity index (χ3n) is 5.43. The zero-order chi connectivity index (χ0) is 22.6. The number of sulfonamides is 1. The van der Waals surface area contributed by atoms with E-state index in [4.69, 9.17) is 9.47 Å². The molecule has 2 aromatic carbocycles. The number of piperidine rings is 1. The van der Waals surface area contributed by atoms with Crippen LogP contribution < -0.4 is 9.47 Å². The lowest BCUT2D eigenvalue weighted by atomic mass is 9.98. The van der Waals surface area contributed by atoms with Crippen LogP contribution in [0.5, 0.6) is 11.5 Å². The molecule has 1 atom stereocenters. The summed E-state index contributed by atoms with van der Waals surface area (Å²) in [6.45, 7) is 0.804. The first-order chi connectivity index (χ1) is 14.8. The number of carbonyl (C=O) groups excluding carboxylic acids is 1. The smallest absolute Gasteiger partial charge is 0.243 e. The average molecular weight is 451 g/mol. The van der Waals surface area contributed by atoms with E-state index in [0.717, 1.165) is 17.7 Å². The summed E-state index contributed by atoms with van der Waals surface area (Å²) < 4.78 is 50.9. The van der Waals surface area contributed by atoms with E-state index in [9.17, 15) is 17.6 Å². The summed E-state index contributed by atoms with van der Waals surface area (Å²) in [5.41, 5.74) is 0.875. The minimum atomic E-state index is -3.78. The monoisotopic (exact) mass is 450 g/mol. The van der Waals surface area contributed by atoms with Crippen molar-refractivity contribution in [3.8, 4) is 11.5 Å². The lowest BCUT2D eigenvalue weighted by molar-refractivity contribution is -0.135. The topological polar surface area (TPSA) is 76.2 Å². The van der Waals surface area contributed by atoms with E-state index in [0.29, 0.717) is 37.4 Å². The van der Waals surface area contributed by atoms with Crippen molar-refractivity contribution in [1.29, 1.82) is 0 Å². The van der Waals surface area contributed by atoms with Crippen LogP contribution >= 0.6 is 0 Å². The fourth-order valence-corrected chi connectivity index (χ4v) is 5.28.